The predicted molar refractivity (Wildman–Crippen MR) is 217 cm³/mol. The van der Waals surface area contributed by atoms with Crippen LogP contribution in [-0.4, -0.2) is 11.6 Å². The lowest BCUT2D eigenvalue weighted by atomic mass is 10.3. The Bertz CT molecular complexity index is 1780. The summed E-state index contributed by atoms with van der Waals surface area (Å²) >= 11 is 0. The molecule has 0 saturated heterocycles. The normalized spacial score (nSPS) is 12.2. The van der Waals surface area contributed by atoms with Crippen LogP contribution in [-0.2, 0) is 0 Å². The largest absolute Gasteiger partial charge is 0.119 e. The predicted octanol–water partition coefficient (Wildman–Crippen LogP) is 8.96. The molecule has 0 fully saturated rings. The molecule has 0 saturated carbocycles. The highest BCUT2D eigenvalue weighted by molar-refractivity contribution is 8.04. The second-order valence-electron chi connectivity index (χ2n) is 11.9. The lowest BCUT2D eigenvalue weighted by Crippen LogP contribution is -2.41. The summed E-state index contributed by atoms with van der Waals surface area (Å²) in [5.41, 5.74) is 0. The molecule has 0 N–H and O–H groups in total. The molecule has 1 atom stereocenters. The lowest BCUT2D eigenvalue weighted by Gasteiger charge is -2.40. The SMILES string of the molecule is c1ccc(P(CCC(P(c2ccccc2)c2ccccc2)[P+](c2ccccc2)(c2ccccc2)c2ccccc2)c2ccccc2)cc1. The fourth-order valence-electron chi connectivity index (χ4n) is 6.99. The summed E-state index contributed by atoms with van der Waals surface area (Å²) < 4.78 is 0. The number of rotatable bonds is 12. The molecule has 0 aromatic heterocycles. The average molecular weight is 674 g/mol. The highest BCUT2D eigenvalue weighted by Gasteiger charge is 2.55. The first kappa shape index (κ1) is 32.4. The minimum Gasteiger partial charge on any atom is -0.0622 e. The summed E-state index contributed by atoms with van der Waals surface area (Å²) in [7, 11) is -3.60. The van der Waals surface area contributed by atoms with Gasteiger partial charge in [0.1, 0.15) is 28.6 Å². The van der Waals surface area contributed by atoms with Crippen LogP contribution >= 0.6 is 23.1 Å². The summed E-state index contributed by atoms with van der Waals surface area (Å²) in [6.45, 7) is 0. The Labute approximate surface area is 289 Å². The highest BCUT2D eigenvalue weighted by atomic mass is 31.2. The van der Waals surface area contributed by atoms with Crippen molar-refractivity contribution < 1.29 is 0 Å². The molecular formula is C45H40P3+. The van der Waals surface area contributed by atoms with Gasteiger partial charge in [0.05, 0.1) is 0 Å². The van der Waals surface area contributed by atoms with Gasteiger partial charge in [-0.05, 0) is 86.0 Å². The second kappa shape index (κ2) is 15.8. The summed E-state index contributed by atoms with van der Waals surface area (Å²) in [6, 6.07) is 79.9. The fourth-order valence-corrected chi connectivity index (χ4v) is 19.9. The Kier molecular flexibility index (Phi) is 10.7. The monoisotopic (exact) mass is 673 g/mol. The Morgan fingerprint density at radius 2 is 0.604 bits per heavy atom. The Morgan fingerprint density at radius 1 is 0.333 bits per heavy atom. The Hall–Kier alpha value is -4.17. The molecule has 7 aromatic rings. The molecule has 234 valence electrons. The Balaban J connectivity index is 1.52. The van der Waals surface area contributed by atoms with Crippen molar-refractivity contribution in [1.82, 2.24) is 0 Å². The molecule has 0 heterocycles. The van der Waals surface area contributed by atoms with Crippen molar-refractivity contribution in [3.8, 4) is 0 Å². The first-order valence-corrected chi connectivity index (χ1v) is 21.5. The van der Waals surface area contributed by atoms with Gasteiger partial charge in [-0.3, -0.25) is 0 Å². The molecule has 0 spiro atoms. The van der Waals surface area contributed by atoms with Gasteiger partial charge in [0.15, 0.2) is 0 Å². The fraction of sp³-hybridized carbons (Fsp3) is 0.0667. The zero-order chi connectivity index (χ0) is 32.4. The van der Waals surface area contributed by atoms with Crippen molar-refractivity contribution in [3.05, 3.63) is 212 Å². The summed E-state index contributed by atoms with van der Waals surface area (Å²) in [5, 5.41) is 10.5. The van der Waals surface area contributed by atoms with E-state index in [1.165, 1.54) is 37.1 Å². The smallest absolute Gasteiger partial charge is 0.0622 e. The molecule has 0 bridgehead atoms. The number of hydrogen-bond acceptors (Lipinski definition) is 0. The molecule has 48 heavy (non-hydrogen) atoms. The molecule has 3 heteroatoms. The van der Waals surface area contributed by atoms with E-state index in [2.05, 4.69) is 212 Å². The third kappa shape index (κ3) is 6.86. The van der Waals surface area contributed by atoms with Crippen molar-refractivity contribution >= 4 is 60.2 Å². The van der Waals surface area contributed by atoms with Gasteiger partial charge in [-0.15, -0.1) is 0 Å². The molecule has 0 nitrogen and oxygen atoms in total. The van der Waals surface area contributed by atoms with Gasteiger partial charge in [0, 0.05) is 0 Å². The molecule has 0 radical (unpaired) electrons. The van der Waals surface area contributed by atoms with Crippen LogP contribution in [0.15, 0.2) is 212 Å². The maximum Gasteiger partial charge on any atom is 0.119 e. The quantitative estimate of drug-likeness (QED) is 0.114. The van der Waals surface area contributed by atoms with Crippen LogP contribution in [0.5, 0.6) is 0 Å². The van der Waals surface area contributed by atoms with Gasteiger partial charge >= 0.3 is 0 Å². The highest BCUT2D eigenvalue weighted by Crippen LogP contribution is 2.70. The van der Waals surface area contributed by atoms with E-state index in [1.807, 2.05) is 0 Å². The van der Waals surface area contributed by atoms with Gasteiger partial charge < -0.3 is 0 Å². The summed E-state index contributed by atoms with van der Waals surface area (Å²) in [5.74, 6) is 0. The molecule has 0 amide bonds. The van der Waals surface area contributed by atoms with Crippen LogP contribution in [0.2, 0.25) is 0 Å². The third-order valence-electron chi connectivity index (χ3n) is 9.05. The average Bonchev–Trinajstić information content (AvgIpc) is 3.18. The van der Waals surface area contributed by atoms with Crippen LogP contribution in [0.4, 0.5) is 0 Å². The van der Waals surface area contributed by atoms with E-state index >= 15 is 0 Å². The van der Waals surface area contributed by atoms with E-state index < -0.39 is 23.1 Å². The first-order chi connectivity index (χ1) is 23.9. The van der Waals surface area contributed by atoms with Crippen LogP contribution < -0.4 is 37.1 Å². The molecule has 0 aliphatic heterocycles. The van der Waals surface area contributed by atoms with Crippen LogP contribution in [0.25, 0.3) is 0 Å². The third-order valence-corrected chi connectivity index (χ3v) is 20.4. The van der Waals surface area contributed by atoms with E-state index in [0.717, 1.165) is 12.6 Å². The van der Waals surface area contributed by atoms with Crippen LogP contribution in [0.1, 0.15) is 6.42 Å². The molecule has 0 aliphatic carbocycles. The molecule has 1 unspecified atom stereocenters. The zero-order valence-corrected chi connectivity index (χ0v) is 29.7. The van der Waals surface area contributed by atoms with Crippen molar-refractivity contribution in [2.75, 3.05) is 6.16 Å². The molecule has 7 aromatic carbocycles. The number of benzene rings is 7. The molecule has 7 rings (SSSR count). The van der Waals surface area contributed by atoms with Crippen LogP contribution in [0, 0.1) is 0 Å². The van der Waals surface area contributed by atoms with E-state index in [-0.39, 0.29) is 0 Å². The molecule has 0 aliphatic rings. The zero-order valence-electron chi connectivity index (χ0n) is 27.0. The summed E-state index contributed by atoms with van der Waals surface area (Å²) in [6.07, 6.45) is 2.21. The van der Waals surface area contributed by atoms with Crippen molar-refractivity contribution in [2.45, 2.75) is 11.8 Å². The van der Waals surface area contributed by atoms with Gasteiger partial charge in [0.25, 0.3) is 0 Å². The van der Waals surface area contributed by atoms with Crippen molar-refractivity contribution in [1.29, 1.82) is 0 Å². The maximum atomic E-state index is 2.42. The van der Waals surface area contributed by atoms with Crippen molar-refractivity contribution in [2.24, 2.45) is 0 Å². The minimum absolute atomic E-state index is 0.349. The van der Waals surface area contributed by atoms with E-state index in [1.54, 1.807) is 0 Å². The summed E-state index contributed by atoms with van der Waals surface area (Å²) in [4.78, 5) is 0. The second-order valence-corrected chi connectivity index (χ2v) is 20.6. The molecular weight excluding hydrogens is 633 g/mol. The minimum atomic E-state index is -2.25. The standard InChI is InChI=1S/C45H40P3/c1-8-22-38(23-9-1)46(39-24-10-2-11-25-39)37-36-45(47(40-26-12-3-13-27-40)41-28-14-4-15-29-41)48(42-30-16-5-17-31-42,43-32-18-6-19-33-43)44-34-20-7-21-35-44/h1-35,45H,36-37H2/q+1. The van der Waals surface area contributed by atoms with E-state index in [4.69, 9.17) is 0 Å². The maximum absolute atomic E-state index is 2.42. The topological polar surface area (TPSA) is 0 Å². The van der Waals surface area contributed by atoms with Gasteiger partial charge in [0.2, 0.25) is 0 Å². The van der Waals surface area contributed by atoms with E-state index in [0.29, 0.717) is 5.40 Å². The van der Waals surface area contributed by atoms with Gasteiger partial charge in [-0.1, -0.05) is 176 Å². The van der Waals surface area contributed by atoms with Crippen LogP contribution in [0.3, 0.4) is 0 Å². The van der Waals surface area contributed by atoms with Gasteiger partial charge in [-0.2, -0.15) is 0 Å². The van der Waals surface area contributed by atoms with Gasteiger partial charge in [-0.25, -0.2) is 0 Å². The Morgan fingerprint density at radius 3 is 0.917 bits per heavy atom. The van der Waals surface area contributed by atoms with E-state index in [9.17, 15) is 0 Å². The lowest BCUT2D eigenvalue weighted by molar-refractivity contribution is 1.05. The van der Waals surface area contributed by atoms with Crippen molar-refractivity contribution in [3.63, 3.8) is 0 Å². The first-order valence-electron chi connectivity index (χ1n) is 16.7. The number of hydrogen-bond donors (Lipinski definition) is 0.